The van der Waals surface area contributed by atoms with Crippen LogP contribution in [0.1, 0.15) is 25.7 Å². The van der Waals surface area contributed by atoms with Gasteiger partial charge in [-0.15, -0.1) is 25.6 Å². The number of amides is 2. The van der Waals surface area contributed by atoms with Crippen LogP contribution in [0, 0.1) is 5.92 Å². The summed E-state index contributed by atoms with van der Waals surface area (Å²) >= 11 is 0. The summed E-state index contributed by atoms with van der Waals surface area (Å²) < 4.78 is 41.0. The summed E-state index contributed by atoms with van der Waals surface area (Å²) in [5, 5.41) is 5.99. The van der Waals surface area contributed by atoms with Gasteiger partial charge in [0.25, 0.3) is 0 Å². The van der Waals surface area contributed by atoms with E-state index in [1.54, 1.807) is 6.07 Å². The summed E-state index contributed by atoms with van der Waals surface area (Å²) in [6.07, 6.45) is -2.18. The largest absolute Gasteiger partial charge is 0.573 e. The van der Waals surface area contributed by atoms with Crippen molar-refractivity contribution in [1.29, 1.82) is 0 Å². The Bertz CT molecular complexity index is 696. The molecule has 2 unspecified atom stereocenters. The third-order valence-corrected chi connectivity index (χ3v) is 4.85. The number of nitrogens with zero attached hydrogens (tertiary/aromatic N) is 1. The molecule has 0 saturated carbocycles. The fraction of sp³-hybridized carbons (Fsp3) is 0.556. The molecule has 2 aliphatic rings. The summed E-state index contributed by atoms with van der Waals surface area (Å²) in [5.74, 6) is -0.389. The van der Waals surface area contributed by atoms with Crippen molar-refractivity contribution in [2.45, 2.75) is 38.1 Å². The van der Waals surface area contributed by atoms with Gasteiger partial charge in [0.15, 0.2) is 0 Å². The lowest BCUT2D eigenvalue weighted by molar-refractivity contribution is -0.274. The number of hydrogen-bond acceptors (Lipinski definition) is 4. The van der Waals surface area contributed by atoms with Crippen molar-refractivity contribution in [1.82, 2.24) is 10.6 Å². The van der Waals surface area contributed by atoms with Crippen LogP contribution in [-0.2, 0) is 9.59 Å². The molecule has 156 valence electrons. The molecule has 3 rings (SSSR count). The molecule has 1 aromatic carbocycles. The van der Waals surface area contributed by atoms with Crippen LogP contribution in [0.3, 0.4) is 0 Å². The number of nitrogens with one attached hydrogen (secondary N) is 2. The van der Waals surface area contributed by atoms with Crippen molar-refractivity contribution in [3.63, 3.8) is 0 Å². The van der Waals surface area contributed by atoms with Gasteiger partial charge in [0.05, 0.1) is 0 Å². The van der Waals surface area contributed by atoms with Gasteiger partial charge in [0, 0.05) is 24.7 Å². The zero-order valence-corrected chi connectivity index (χ0v) is 15.9. The number of halogens is 4. The van der Waals surface area contributed by atoms with Crippen LogP contribution < -0.4 is 20.3 Å². The Morgan fingerprint density at radius 3 is 2.79 bits per heavy atom. The van der Waals surface area contributed by atoms with E-state index in [0.29, 0.717) is 31.0 Å². The molecule has 2 atom stereocenters. The number of ether oxygens (including phenoxy) is 1. The monoisotopic (exact) mass is 421 g/mol. The zero-order chi connectivity index (χ0) is 19.4. The number of carbonyl (C=O) groups excluding carboxylic acids is 2. The Kier molecular flexibility index (Phi) is 7.54. The Balaban J connectivity index is 0.00000280. The number of alkyl halides is 3. The van der Waals surface area contributed by atoms with Gasteiger partial charge in [-0.1, -0.05) is 6.07 Å². The molecule has 28 heavy (non-hydrogen) atoms. The molecule has 10 heteroatoms. The lowest BCUT2D eigenvalue weighted by atomic mass is 10.0. The lowest BCUT2D eigenvalue weighted by Crippen LogP contribution is -2.41. The molecule has 0 aliphatic carbocycles. The van der Waals surface area contributed by atoms with Crippen molar-refractivity contribution in [3.05, 3.63) is 24.3 Å². The lowest BCUT2D eigenvalue weighted by Gasteiger charge is -2.18. The average Bonchev–Trinajstić information content (AvgIpc) is 3.22. The number of carbonyl (C=O) groups is 2. The molecule has 0 radical (unpaired) electrons. The van der Waals surface area contributed by atoms with Crippen molar-refractivity contribution < 1.29 is 27.5 Å². The highest BCUT2D eigenvalue weighted by Gasteiger charge is 2.35. The topological polar surface area (TPSA) is 70.7 Å². The highest BCUT2D eigenvalue weighted by molar-refractivity contribution is 6.01. The van der Waals surface area contributed by atoms with Gasteiger partial charge in [0.2, 0.25) is 11.8 Å². The standard InChI is InChI=1S/C18H22F3N3O3.ClH/c19-18(20,21)27-14-3-1-2-13(10-14)24-9-7-15(17(24)26)23-16(25)5-4-12-6-8-22-11-12;/h1-3,10,12,15,22H,4-9,11H2,(H,23,25);1H. The summed E-state index contributed by atoms with van der Waals surface area (Å²) in [6, 6.07) is 4.63. The first-order valence-electron chi connectivity index (χ1n) is 8.99. The minimum absolute atomic E-state index is 0. The molecule has 2 N–H and O–H groups in total. The molecule has 6 nitrogen and oxygen atoms in total. The van der Waals surface area contributed by atoms with Crippen molar-refractivity contribution in [3.8, 4) is 5.75 Å². The first-order chi connectivity index (χ1) is 12.8. The minimum Gasteiger partial charge on any atom is -0.406 e. The van der Waals surface area contributed by atoms with Crippen LogP contribution in [0.5, 0.6) is 5.75 Å². The van der Waals surface area contributed by atoms with Crippen molar-refractivity contribution in [2.24, 2.45) is 5.92 Å². The molecule has 2 aliphatic heterocycles. The van der Waals surface area contributed by atoms with Gasteiger partial charge < -0.3 is 20.3 Å². The summed E-state index contributed by atoms with van der Waals surface area (Å²) in [7, 11) is 0. The molecular weight excluding hydrogens is 399 g/mol. The maximum atomic E-state index is 12.5. The first kappa shape index (κ1) is 22.3. The number of anilines is 1. The molecule has 2 saturated heterocycles. The van der Waals surface area contributed by atoms with E-state index >= 15 is 0 Å². The maximum Gasteiger partial charge on any atom is 0.573 e. The Hall–Kier alpha value is -2.00. The second-order valence-electron chi connectivity index (χ2n) is 6.84. The molecule has 2 fully saturated rings. The van der Waals surface area contributed by atoms with Crippen LogP contribution in [0.4, 0.5) is 18.9 Å². The highest BCUT2D eigenvalue weighted by atomic mass is 35.5. The van der Waals surface area contributed by atoms with Gasteiger partial charge in [-0.3, -0.25) is 9.59 Å². The number of benzene rings is 1. The van der Waals surface area contributed by atoms with Crippen molar-refractivity contribution >= 4 is 29.9 Å². The molecule has 2 amide bonds. The Labute approximate surface area is 167 Å². The van der Waals surface area contributed by atoms with E-state index in [9.17, 15) is 22.8 Å². The normalized spacial score (nSPS) is 22.1. The second kappa shape index (κ2) is 9.47. The van der Waals surface area contributed by atoms with Crippen LogP contribution in [-0.4, -0.2) is 43.9 Å². The predicted octanol–water partition coefficient (Wildman–Crippen LogP) is 2.62. The van der Waals surface area contributed by atoms with E-state index in [4.69, 9.17) is 0 Å². The van der Waals surface area contributed by atoms with E-state index in [1.807, 2.05) is 0 Å². The molecule has 2 heterocycles. The molecule has 0 aromatic heterocycles. The van der Waals surface area contributed by atoms with E-state index in [-0.39, 0.29) is 30.0 Å². The van der Waals surface area contributed by atoms with Crippen LogP contribution in [0.2, 0.25) is 0 Å². The predicted molar refractivity (Wildman–Crippen MR) is 99.5 cm³/mol. The molecule has 1 aromatic rings. The summed E-state index contributed by atoms with van der Waals surface area (Å²) in [4.78, 5) is 26.0. The zero-order valence-electron chi connectivity index (χ0n) is 15.1. The van der Waals surface area contributed by atoms with Gasteiger partial charge in [0.1, 0.15) is 11.8 Å². The van der Waals surface area contributed by atoms with Crippen LogP contribution >= 0.6 is 12.4 Å². The summed E-state index contributed by atoms with van der Waals surface area (Å²) in [6.45, 7) is 2.21. The van der Waals surface area contributed by atoms with Crippen LogP contribution in [0.25, 0.3) is 0 Å². The van der Waals surface area contributed by atoms with Gasteiger partial charge >= 0.3 is 6.36 Å². The first-order valence-corrected chi connectivity index (χ1v) is 8.99. The van der Waals surface area contributed by atoms with E-state index in [0.717, 1.165) is 25.9 Å². The minimum atomic E-state index is -4.79. The van der Waals surface area contributed by atoms with E-state index in [1.165, 1.54) is 23.1 Å². The van der Waals surface area contributed by atoms with E-state index in [2.05, 4.69) is 15.4 Å². The quantitative estimate of drug-likeness (QED) is 0.740. The SMILES string of the molecule is Cl.O=C(CCC1CCNC1)NC1CCN(c2cccc(OC(F)(F)F)c2)C1=O. The maximum absolute atomic E-state index is 12.5. The van der Waals surface area contributed by atoms with Crippen LogP contribution in [0.15, 0.2) is 24.3 Å². The van der Waals surface area contributed by atoms with Gasteiger partial charge in [-0.2, -0.15) is 0 Å². The molecular formula is C18H23ClF3N3O3. The fourth-order valence-corrected chi connectivity index (χ4v) is 3.48. The van der Waals surface area contributed by atoms with Crippen molar-refractivity contribution in [2.75, 3.05) is 24.5 Å². The Morgan fingerprint density at radius 2 is 2.11 bits per heavy atom. The smallest absolute Gasteiger partial charge is 0.406 e. The van der Waals surface area contributed by atoms with Gasteiger partial charge in [-0.25, -0.2) is 0 Å². The number of hydrogen-bond donors (Lipinski definition) is 2. The third kappa shape index (κ3) is 6.00. The third-order valence-electron chi connectivity index (χ3n) is 4.85. The van der Waals surface area contributed by atoms with E-state index < -0.39 is 12.4 Å². The number of rotatable bonds is 6. The van der Waals surface area contributed by atoms with Gasteiger partial charge in [-0.05, 0) is 50.4 Å². The fourth-order valence-electron chi connectivity index (χ4n) is 3.48. The Morgan fingerprint density at radius 1 is 1.32 bits per heavy atom. The summed E-state index contributed by atoms with van der Waals surface area (Å²) in [5.41, 5.74) is 0.315. The second-order valence-corrected chi connectivity index (χ2v) is 6.84. The highest BCUT2D eigenvalue weighted by Crippen LogP contribution is 2.29. The molecule has 0 bridgehead atoms. The average molecular weight is 422 g/mol. The molecule has 0 spiro atoms.